The van der Waals surface area contributed by atoms with Crippen LogP contribution in [-0.4, -0.2) is 21.7 Å². The molecule has 1 atom stereocenters. The molecule has 5 heteroatoms. The Bertz CT molecular complexity index is 349. The molecular weight excluding hydrogens is 168 g/mol. The maximum atomic E-state index is 11.4. The smallest absolute Gasteiger partial charge is 0.270 e. The molecule has 68 valence electrons. The zero-order valence-corrected chi connectivity index (χ0v) is 7.48. The quantitative estimate of drug-likeness (QED) is 0.696. The van der Waals surface area contributed by atoms with E-state index in [1.807, 2.05) is 6.07 Å². The van der Waals surface area contributed by atoms with Gasteiger partial charge in [0.25, 0.3) is 5.91 Å². The van der Waals surface area contributed by atoms with Gasteiger partial charge in [-0.2, -0.15) is 10.4 Å². The Balaban J connectivity index is 2.71. The zero-order valence-electron chi connectivity index (χ0n) is 7.48. The second kappa shape index (κ2) is 3.72. The fourth-order valence-corrected chi connectivity index (χ4v) is 0.900. The third-order valence-electron chi connectivity index (χ3n) is 1.59. The van der Waals surface area contributed by atoms with Crippen molar-refractivity contribution < 1.29 is 4.79 Å². The van der Waals surface area contributed by atoms with E-state index in [1.54, 1.807) is 20.0 Å². The molecule has 13 heavy (non-hydrogen) atoms. The van der Waals surface area contributed by atoms with Gasteiger partial charge in [-0.25, -0.2) is 0 Å². The van der Waals surface area contributed by atoms with Gasteiger partial charge in [-0.05, 0) is 13.0 Å². The van der Waals surface area contributed by atoms with E-state index >= 15 is 0 Å². The van der Waals surface area contributed by atoms with Crippen molar-refractivity contribution >= 4 is 5.91 Å². The van der Waals surface area contributed by atoms with E-state index in [9.17, 15) is 4.79 Å². The van der Waals surface area contributed by atoms with Crippen LogP contribution in [0.25, 0.3) is 0 Å². The molecule has 1 aromatic rings. The summed E-state index contributed by atoms with van der Waals surface area (Å²) in [6.45, 7) is 1.62. The van der Waals surface area contributed by atoms with Crippen LogP contribution < -0.4 is 5.32 Å². The van der Waals surface area contributed by atoms with Gasteiger partial charge in [-0.1, -0.05) is 0 Å². The number of nitriles is 1. The largest absolute Gasteiger partial charge is 0.335 e. The van der Waals surface area contributed by atoms with Crippen molar-refractivity contribution in [3.05, 3.63) is 18.0 Å². The molecule has 0 saturated heterocycles. The summed E-state index contributed by atoms with van der Waals surface area (Å²) in [6, 6.07) is 3.03. The third kappa shape index (κ3) is 2.06. The number of hydrogen-bond donors (Lipinski definition) is 1. The van der Waals surface area contributed by atoms with Crippen molar-refractivity contribution in [3.63, 3.8) is 0 Å². The SMILES string of the molecule is C[C@H](C#N)NC(=O)c1ccnn1C. The maximum absolute atomic E-state index is 11.4. The van der Waals surface area contributed by atoms with Crippen LogP contribution in [0.1, 0.15) is 17.4 Å². The van der Waals surface area contributed by atoms with E-state index in [2.05, 4.69) is 10.4 Å². The molecule has 0 spiro atoms. The molecule has 1 aromatic heterocycles. The Morgan fingerprint density at radius 2 is 2.54 bits per heavy atom. The van der Waals surface area contributed by atoms with Crippen LogP contribution in [0.5, 0.6) is 0 Å². The minimum atomic E-state index is -0.484. The summed E-state index contributed by atoms with van der Waals surface area (Å²) in [5, 5.41) is 14.8. The van der Waals surface area contributed by atoms with Crippen LogP contribution in [0.4, 0.5) is 0 Å². The standard InChI is InChI=1S/C8H10N4O/c1-6(5-9)11-8(13)7-3-4-10-12(7)2/h3-4,6H,1-2H3,(H,11,13)/t6-/m1/s1. The second-order valence-electron chi connectivity index (χ2n) is 2.66. The predicted molar refractivity (Wildman–Crippen MR) is 45.7 cm³/mol. The molecule has 5 nitrogen and oxygen atoms in total. The highest BCUT2D eigenvalue weighted by atomic mass is 16.2. The lowest BCUT2D eigenvalue weighted by molar-refractivity contribution is 0.0938. The van der Waals surface area contributed by atoms with E-state index in [0.29, 0.717) is 5.69 Å². The van der Waals surface area contributed by atoms with E-state index < -0.39 is 6.04 Å². The topological polar surface area (TPSA) is 70.7 Å². The summed E-state index contributed by atoms with van der Waals surface area (Å²) >= 11 is 0. The summed E-state index contributed by atoms with van der Waals surface area (Å²) in [4.78, 5) is 11.4. The lowest BCUT2D eigenvalue weighted by atomic mass is 10.3. The lowest BCUT2D eigenvalue weighted by Gasteiger charge is -2.05. The average molecular weight is 178 g/mol. The van der Waals surface area contributed by atoms with E-state index in [4.69, 9.17) is 5.26 Å². The minimum absolute atomic E-state index is 0.283. The Labute approximate surface area is 76.0 Å². The Hall–Kier alpha value is -1.83. The molecule has 1 amide bonds. The van der Waals surface area contributed by atoms with Crippen molar-refractivity contribution in [2.45, 2.75) is 13.0 Å². The molecule has 0 saturated carbocycles. The highest BCUT2D eigenvalue weighted by Gasteiger charge is 2.11. The third-order valence-corrected chi connectivity index (χ3v) is 1.59. The summed E-state index contributed by atoms with van der Waals surface area (Å²) in [6.07, 6.45) is 1.53. The maximum Gasteiger partial charge on any atom is 0.270 e. The number of nitrogens with zero attached hydrogens (tertiary/aromatic N) is 3. The predicted octanol–water partition coefficient (Wildman–Crippen LogP) is 0.0620. The Kier molecular flexibility index (Phi) is 2.65. The first-order valence-corrected chi connectivity index (χ1v) is 3.83. The summed E-state index contributed by atoms with van der Waals surface area (Å²) in [5.74, 6) is -0.283. The number of carbonyl (C=O) groups excluding carboxylic acids is 1. The zero-order chi connectivity index (χ0) is 9.84. The van der Waals surface area contributed by atoms with Gasteiger partial charge in [-0.3, -0.25) is 9.48 Å². The Morgan fingerprint density at radius 1 is 1.85 bits per heavy atom. The van der Waals surface area contributed by atoms with Gasteiger partial charge in [0.05, 0.1) is 6.07 Å². The van der Waals surface area contributed by atoms with Gasteiger partial charge in [-0.15, -0.1) is 0 Å². The first kappa shape index (κ1) is 9.26. The minimum Gasteiger partial charge on any atom is -0.335 e. The molecule has 0 unspecified atom stereocenters. The van der Waals surface area contributed by atoms with Gasteiger partial charge >= 0.3 is 0 Å². The number of rotatable bonds is 2. The fraction of sp³-hybridized carbons (Fsp3) is 0.375. The number of nitrogens with one attached hydrogen (secondary N) is 1. The van der Waals surface area contributed by atoms with Crippen molar-refractivity contribution in [2.75, 3.05) is 0 Å². The molecule has 0 aliphatic carbocycles. The second-order valence-corrected chi connectivity index (χ2v) is 2.66. The molecule has 0 aliphatic heterocycles. The van der Waals surface area contributed by atoms with Gasteiger partial charge in [0.2, 0.25) is 0 Å². The van der Waals surface area contributed by atoms with Gasteiger partial charge in [0.1, 0.15) is 11.7 Å². The fourth-order valence-electron chi connectivity index (χ4n) is 0.900. The molecule has 0 aliphatic rings. The first-order valence-electron chi connectivity index (χ1n) is 3.83. The summed E-state index contributed by atoms with van der Waals surface area (Å²) in [5.41, 5.74) is 0.446. The number of hydrogen-bond acceptors (Lipinski definition) is 3. The molecule has 1 heterocycles. The van der Waals surface area contributed by atoms with Crippen LogP contribution >= 0.6 is 0 Å². The van der Waals surface area contributed by atoms with E-state index in [0.717, 1.165) is 0 Å². The van der Waals surface area contributed by atoms with Gasteiger partial charge in [0, 0.05) is 13.2 Å². The monoisotopic (exact) mass is 178 g/mol. The average Bonchev–Trinajstić information content (AvgIpc) is 2.51. The number of carbonyl (C=O) groups is 1. The highest BCUT2D eigenvalue weighted by molar-refractivity contribution is 5.92. The molecule has 0 radical (unpaired) electrons. The summed E-state index contributed by atoms with van der Waals surface area (Å²) in [7, 11) is 1.67. The van der Waals surface area contributed by atoms with Crippen LogP contribution in [0.15, 0.2) is 12.3 Å². The normalized spacial score (nSPS) is 11.8. The van der Waals surface area contributed by atoms with Crippen LogP contribution in [0.3, 0.4) is 0 Å². The molecule has 0 aromatic carbocycles. The van der Waals surface area contributed by atoms with Crippen molar-refractivity contribution in [1.82, 2.24) is 15.1 Å². The number of aryl methyl sites for hydroxylation is 1. The molecule has 1 rings (SSSR count). The lowest BCUT2D eigenvalue weighted by Crippen LogP contribution is -2.32. The van der Waals surface area contributed by atoms with Gasteiger partial charge in [0.15, 0.2) is 0 Å². The molecular formula is C8H10N4O. The van der Waals surface area contributed by atoms with Crippen molar-refractivity contribution in [2.24, 2.45) is 7.05 Å². The van der Waals surface area contributed by atoms with Crippen LogP contribution in [0.2, 0.25) is 0 Å². The highest BCUT2D eigenvalue weighted by Crippen LogP contribution is 1.96. The molecule has 0 bridgehead atoms. The first-order chi connectivity index (χ1) is 6.15. The molecule has 0 fully saturated rings. The van der Waals surface area contributed by atoms with Crippen molar-refractivity contribution in [3.8, 4) is 6.07 Å². The van der Waals surface area contributed by atoms with Crippen LogP contribution in [0, 0.1) is 11.3 Å². The van der Waals surface area contributed by atoms with Crippen LogP contribution in [-0.2, 0) is 7.05 Å². The van der Waals surface area contributed by atoms with Gasteiger partial charge < -0.3 is 5.32 Å². The summed E-state index contributed by atoms with van der Waals surface area (Å²) < 4.78 is 1.46. The van der Waals surface area contributed by atoms with Crippen molar-refractivity contribution in [1.29, 1.82) is 5.26 Å². The van der Waals surface area contributed by atoms with E-state index in [1.165, 1.54) is 10.9 Å². The van der Waals surface area contributed by atoms with E-state index in [-0.39, 0.29) is 5.91 Å². The molecule has 1 N–H and O–H groups in total. The Morgan fingerprint density at radius 3 is 3.00 bits per heavy atom. The number of amides is 1. The number of aromatic nitrogens is 2.